The fourth-order valence-electron chi connectivity index (χ4n) is 1.88. The van der Waals surface area contributed by atoms with E-state index in [1.54, 1.807) is 0 Å². The molecule has 0 atom stereocenters. The number of aromatic nitrogens is 2. The van der Waals surface area contributed by atoms with Gasteiger partial charge in [0.1, 0.15) is 11.4 Å². The molecule has 0 aliphatic heterocycles. The molecule has 1 aromatic heterocycles. The molecule has 5 heteroatoms. The summed E-state index contributed by atoms with van der Waals surface area (Å²) in [5.41, 5.74) is 7.74. The van der Waals surface area contributed by atoms with Crippen LogP contribution in [0.5, 0.6) is 0 Å². The van der Waals surface area contributed by atoms with Crippen molar-refractivity contribution >= 4 is 11.8 Å². The van der Waals surface area contributed by atoms with Crippen LogP contribution in [-0.2, 0) is 0 Å². The van der Waals surface area contributed by atoms with Crippen LogP contribution in [0.3, 0.4) is 0 Å². The van der Waals surface area contributed by atoms with E-state index in [9.17, 15) is 4.79 Å². The molecule has 0 fully saturated rings. The monoisotopic (exact) mass is 245 g/mol. The molecule has 18 heavy (non-hydrogen) atoms. The van der Waals surface area contributed by atoms with Gasteiger partial charge in [0.05, 0.1) is 11.9 Å². The molecule has 0 aliphatic carbocycles. The van der Waals surface area contributed by atoms with Crippen molar-refractivity contribution in [3.8, 4) is 5.69 Å². The van der Waals surface area contributed by atoms with Crippen molar-refractivity contribution in [2.24, 2.45) is 0 Å². The summed E-state index contributed by atoms with van der Waals surface area (Å²) in [7, 11) is 0. The van der Waals surface area contributed by atoms with Gasteiger partial charge in [-0.1, -0.05) is 32.0 Å². The zero-order chi connectivity index (χ0) is 13.3. The van der Waals surface area contributed by atoms with E-state index in [4.69, 9.17) is 10.8 Å². The molecule has 3 N–H and O–H groups in total. The summed E-state index contributed by atoms with van der Waals surface area (Å²) in [5, 5.41) is 13.0. The third-order valence-corrected chi connectivity index (χ3v) is 2.82. The van der Waals surface area contributed by atoms with Gasteiger partial charge in [0.2, 0.25) is 0 Å². The molecule has 2 rings (SSSR count). The molecule has 94 valence electrons. The first kappa shape index (κ1) is 12.2. The van der Waals surface area contributed by atoms with E-state index in [2.05, 4.69) is 18.9 Å². The normalized spacial score (nSPS) is 10.8. The van der Waals surface area contributed by atoms with E-state index in [0.29, 0.717) is 5.92 Å². The van der Waals surface area contributed by atoms with Crippen molar-refractivity contribution in [1.29, 1.82) is 0 Å². The molecule has 1 aromatic carbocycles. The van der Waals surface area contributed by atoms with Crippen LogP contribution in [0.4, 0.5) is 5.82 Å². The van der Waals surface area contributed by atoms with E-state index >= 15 is 0 Å². The summed E-state index contributed by atoms with van der Waals surface area (Å²) in [5.74, 6) is -0.616. The lowest BCUT2D eigenvalue weighted by molar-refractivity contribution is 0.0698. The van der Waals surface area contributed by atoms with E-state index in [1.807, 2.05) is 24.3 Å². The Morgan fingerprint density at radius 1 is 1.39 bits per heavy atom. The van der Waals surface area contributed by atoms with Crippen LogP contribution < -0.4 is 5.73 Å². The number of benzene rings is 1. The van der Waals surface area contributed by atoms with Gasteiger partial charge in [-0.3, -0.25) is 0 Å². The highest BCUT2D eigenvalue weighted by atomic mass is 16.4. The zero-order valence-corrected chi connectivity index (χ0v) is 10.3. The third-order valence-electron chi connectivity index (χ3n) is 2.82. The maximum atomic E-state index is 11.0. The molecule has 0 aliphatic rings. The van der Waals surface area contributed by atoms with Crippen LogP contribution in [0, 0.1) is 0 Å². The summed E-state index contributed by atoms with van der Waals surface area (Å²) < 4.78 is 1.47. The number of para-hydroxylation sites is 1. The lowest BCUT2D eigenvalue weighted by Crippen LogP contribution is -2.08. The lowest BCUT2D eigenvalue weighted by Gasteiger charge is -2.13. The number of carboxylic acid groups (broad SMARTS) is 1. The van der Waals surface area contributed by atoms with Gasteiger partial charge in [-0.25, -0.2) is 9.48 Å². The SMILES string of the molecule is CC(C)c1ccccc1-n1ncc(C(=O)O)c1N. The Morgan fingerprint density at radius 2 is 2.06 bits per heavy atom. The third kappa shape index (κ3) is 1.95. The number of anilines is 1. The minimum absolute atomic E-state index is 0.0218. The Morgan fingerprint density at radius 3 is 2.61 bits per heavy atom. The van der Waals surface area contributed by atoms with Gasteiger partial charge in [-0.2, -0.15) is 5.10 Å². The molecule has 0 bridgehead atoms. The number of nitrogen functional groups attached to an aromatic ring is 1. The van der Waals surface area contributed by atoms with Crippen molar-refractivity contribution < 1.29 is 9.90 Å². The highest BCUT2D eigenvalue weighted by Crippen LogP contribution is 2.25. The molecule has 0 amide bonds. The number of carbonyl (C=O) groups is 1. The summed E-state index contributed by atoms with van der Waals surface area (Å²) in [6.45, 7) is 4.13. The van der Waals surface area contributed by atoms with Crippen LogP contribution in [0.1, 0.15) is 35.7 Å². The average molecular weight is 245 g/mol. The number of aromatic carboxylic acids is 1. The summed E-state index contributed by atoms with van der Waals surface area (Å²) >= 11 is 0. The van der Waals surface area contributed by atoms with Crippen molar-refractivity contribution in [2.75, 3.05) is 5.73 Å². The standard InChI is InChI=1S/C13H15N3O2/c1-8(2)9-5-3-4-6-11(9)16-12(14)10(7-15-16)13(17)18/h3-8H,14H2,1-2H3,(H,17,18). The maximum absolute atomic E-state index is 11.0. The van der Waals surface area contributed by atoms with Crippen LogP contribution in [0.2, 0.25) is 0 Å². The quantitative estimate of drug-likeness (QED) is 0.869. The topological polar surface area (TPSA) is 81.1 Å². The second-order valence-corrected chi connectivity index (χ2v) is 4.37. The van der Waals surface area contributed by atoms with Crippen molar-refractivity contribution in [1.82, 2.24) is 9.78 Å². The summed E-state index contributed by atoms with van der Waals surface area (Å²) in [4.78, 5) is 11.0. The molecule has 0 unspecified atom stereocenters. The van der Waals surface area contributed by atoms with E-state index in [0.717, 1.165) is 11.3 Å². The Bertz CT molecular complexity index is 588. The molecule has 2 aromatic rings. The fourth-order valence-corrected chi connectivity index (χ4v) is 1.88. The lowest BCUT2D eigenvalue weighted by atomic mass is 10.0. The number of hydrogen-bond acceptors (Lipinski definition) is 3. The molecule has 0 spiro atoms. The van der Waals surface area contributed by atoms with Gasteiger partial charge < -0.3 is 10.8 Å². The Kier molecular flexibility index (Phi) is 3.06. The molecular formula is C13H15N3O2. The molecular weight excluding hydrogens is 230 g/mol. The summed E-state index contributed by atoms with van der Waals surface area (Å²) in [6, 6.07) is 7.69. The van der Waals surface area contributed by atoms with Gasteiger partial charge in [0, 0.05) is 0 Å². The molecule has 0 radical (unpaired) electrons. The first-order chi connectivity index (χ1) is 8.52. The summed E-state index contributed by atoms with van der Waals surface area (Å²) in [6.07, 6.45) is 1.27. The Hall–Kier alpha value is -2.30. The highest BCUT2D eigenvalue weighted by molar-refractivity contribution is 5.92. The van der Waals surface area contributed by atoms with Crippen LogP contribution >= 0.6 is 0 Å². The molecule has 5 nitrogen and oxygen atoms in total. The number of carboxylic acids is 1. The first-order valence-electron chi connectivity index (χ1n) is 5.68. The van der Waals surface area contributed by atoms with Gasteiger partial charge >= 0.3 is 5.97 Å². The van der Waals surface area contributed by atoms with E-state index in [-0.39, 0.29) is 11.4 Å². The van der Waals surface area contributed by atoms with Gasteiger partial charge in [-0.15, -0.1) is 0 Å². The Balaban J connectivity index is 2.59. The minimum Gasteiger partial charge on any atom is -0.477 e. The zero-order valence-electron chi connectivity index (χ0n) is 10.3. The second kappa shape index (κ2) is 4.52. The molecule has 0 saturated heterocycles. The Labute approximate surface area is 105 Å². The predicted octanol–water partition coefficient (Wildman–Crippen LogP) is 2.28. The van der Waals surface area contributed by atoms with Crippen LogP contribution in [0.15, 0.2) is 30.5 Å². The van der Waals surface area contributed by atoms with Gasteiger partial charge in [-0.05, 0) is 17.5 Å². The fraction of sp³-hybridized carbons (Fsp3) is 0.231. The van der Waals surface area contributed by atoms with Crippen LogP contribution in [0.25, 0.3) is 5.69 Å². The number of nitrogens with zero attached hydrogens (tertiary/aromatic N) is 2. The van der Waals surface area contributed by atoms with Crippen molar-refractivity contribution in [2.45, 2.75) is 19.8 Å². The van der Waals surface area contributed by atoms with Crippen molar-refractivity contribution in [3.05, 3.63) is 41.6 Å². The average Bonchev–Trinajstić information content (AvgIpc) is 2.71. The second-order valence-electron chi connectivity index (χ2n) is 4.37. The molecule has 1 heterocycles. The van der Waals surface area contributed by atoms with Crippen LogP contribution in [-0.4, -0.2) is 20.9 Å². The smallest absolute Gasteiger partial charge is 0.341 e. The highest BCUT2D eigenvalue weighted by Gasteiger charge is 2.17. The first-order valence-corrected chi connectivity index (χ1v) is 5.68. The predicted molar refractivity (Wildman–Crippen MR) is 69.0 cm³/mol. The van der Waals surface area contributed by atoms with E-state index < -0.39 is 5.97 Å². The largest absolute Gasteiger partial charge is 0.477 e. The minimum atomic E-state index is -1.07. The maximum Gasteiger partial charge on any atom is 0.341 e. The van der Waals surface area contributed by atoms with Gasteiger partial charge in [0.25, 0.3) is 0 Å². The molecule has 0 saturated carbocycles. The number of hydrogen-bond donors (Lipinski definition) is 2. The van der Waals surface area contributed by atoms with Gasteiger partial charge in [0.15, 0.2) is 0 Å². The van der Waals surface area contributed by atoms with Crippen molar-refractivity contribution in [3.63, 3.8) is 0 Å². The number of nitrogens with two attached hydrogens (primary N) is 1. The van der Waals surface area contributed by atoms with E-state index in [1.165, 1.54) is 10.9 Å². The number of rotatable bonds is 3.